The van der Waals surface area contributed by atoms with Crippen molar-refractivity contribution in [2.75, 3.05) is 0 Å². The summed E-state index contributed by atoms with van der Waals surface area (Å²) in [4.78, 5) is 11.7. The lowest BCUT2D eigenvalue weighted by Gasteiger charge is -2.07. The number of hydrogen-bond acceptors (Lipinski definition) is 2. The van der Waals surface area contributed by atoms with Crippen molar-refractivity contribution in [2.24, 2.45) is 12.8 Å². The van der Waals surface area contributed by atoms with E-state index in [0.717, 1.165) is 10.9 Å². The molecule has 0 unspecified atom stereocenters. The summed E-state index contributed by atoms with van der Waals surface area (Å²) < 4.78 is 1.59. The number of rotatable bonds is 1. The van der Waals surface area contributed by atoms with Crippen molar-refractivity contribution < 1.29 is 0 Å². The Morgan fingerprint density at radius 2 is 2.13 bits per heavy atom. The summed E-state index contributed by atoms with van der Waals surface area (Å²) in [5, 5.41) is 1.59. The van der Waals surface area contributed by atoms with E-state index >= 15 is 0 Å². The Balaban J connectivity index is 2.91. The Hall–Kier alpha value is -1.32. The van der Waals surface area contributed by atoms with Crippen molar-refractivity contribution in [1.82, 2.24) is 4.57 Å². The molecule has 3 nitrogen and oxygen atoms in total. The molecule has 0 atom stereocenters. The summed E-state index contributed by atoms with van der Waals surface area (Å²) in [6.45, 7) is 0.245. The molecule has 0 fully saturated rings. The van der Waals surface area contributed by atoms with Gasteiger partial charge in [-0.15, -0.1) is 0 Å². The van der Waals surface area contributed by atoms with Crippen LogP contribution < -0.4 is 11.3 Å². The van der Waals surface area contributed by atoms with Crippen LogP contribution in [0.1, 0.15) is 5.56 Å². The second-order valence-corrected chi connectivity index (χ2v) is 3.88. The van der Waals surface area contributed by atoms with Gasteiger partial charge in [-0.05, 0) is 24.3 Å². The van der Waals surface area contributed by atoms with Gasteiger partial charge in [0.2, 0.25) is 0 Å². The standard InChI is InChI=1S/C11H11ClN2O/c1-14-10-3-2-9(12)5-7(10)4-8(6-13)11(14)15/h2-5H,6,13H2,1H3. The highest BCUT2D eigenvalue weighted by atomic mass is 35.5. The zero-order valence-corrected chi connectivity index (χ0v) is 9.08. The number of pyridine rings is 1. The lowest BCUT2D eigenvalue weighted by Crippen LogP contribution is -2.23. The van der Waals surface area contributed by atoms with E-state index < -0.39 is 0 Å². The third-order valence-corrected chi connectivity index (χ3v) is 2.72. The molecule has 1 aromatic heterocycles. The maximum absolute atomic E-state index is 11.7. The van der Waals surface area contributed by atoms with Gasteiger partial charge in [-0.2, -0.15) is 0 Å². The molecule has 2 N–H and O–H groups in total. The van der Waals surface area contributed by atoms with Gasteiger partial charge in [-0.1, -0.05) is 11.6 Å². The number of benzene rings is 1. The molecule has 1 aromatic carbocycles. The van der Waals surface area contributed by atoms with Crippen LogP contribution >= 0.6 is 11.6 Å². The van der Waals surface area contributed by atoms with E-state index in [2.05, 4.69) is 0 Å². The largest absolute Gasteiger partial charge is 0.326 e. The van der Waals surface area contributed by atoms with Crippen LogP contribution in [0.25, 0.3) is 10.9 Å². The maximum atomic E-state index is 11.7. The molecule has 0 radical (unpaired) electrons. The lowest BCUT2D eigenvalue weighted by atomic mass is 10.1. The molecule has 78 valence electrons. The Morgan fingerprint density at radius 1 is 1.40 bits per heavy atom. The summed E-state index contributed by atoms with van der Waals surface area (Å²) in [6, 6.07) is 7.23. The monoisotopic (exact) mass is 222 g/mol. The predicted molar refractivity (Wildman–Crippen MR) is 62.1 cm³/mol. The number of fused-ring (bicyclic) bond motifs is 1. The maximum Gasteiger partial charge on any atom is 0.255 e. The molecule has 0 bridgehead atoms. The Morgan fingerprint density at radius 3 is 2.80 bits per heavy atom. The smallest absolute Gasteiger partial charge is 0.255 e. The summed E-state index contributed by atoms with van der Waals surface area (Å²) >= 11 is 5.89. The lowest BCUT2D eigenvalue weighted by molar-refractivity contribution is 0.869. The van der Waals surface area contributed by atoms with Gasteiger partial charge in [0.15, 0.2) is 0 Å². The fraction of sp³-hybridized carbons (Fsp3) is 0.182. The Labute approximate surface area is 92.1 Å². The van der Waals surface area contributed by atoms with E-state index in [-0.39, 0.29) is 12.1 Å². The normalized spacial score (nSPS) is 10.9. The minimum Gasteiger partial charge on any atom is -0.326 e. The van der Waals surface area contributed by atoms with Crippen LogP contribution in [0, 0.1) is 0 Å². The molecule has 4 heteroatoms. The van der Waals surface area contributed by atoms with Crippen molar-refractivity contribution in [3.05, 3.63) is 45.2 Å². The van der Waals surface area contributed by atoms with E-state index in [9.17, 15) is 4.79 Å². The molecule has 0 amide bonds. The quantitative estimate of drug-likeness (QED) is 0.798. The van der Waals surface area contributed by atoms with Gasteiger partial charge >= 0.3 is 0 Å². The van der Waals surface area contributed by atoms with Crippen LogP contribution in [0.15, 0.2) is 29.1 Å². The highest BCUT2D eigenvalue weighted by molar-refractivity contribution is 6.31. The van der Waals surface area contributed by atoms with Gasteiger partial charge in [0.05, 0.1) is 5.52 Å². The molecule has 1 heterocycles. The number of nitrogens with zero attached hydrogens (tertiary/aromatic N) is 1. The van der Waals surface area contributed by atoms with Gasteiger partial charge in [-0.3, -0.25) is 4.79 Å². The van der Waals surface area contributed by atoms with E-state index in [1.54, 1.807) is 23.7 Å². The van der Waals surface area contributed by atoms with Crippen molar-refractivity contribution in [3.8, 4) is 0 Å². The number of aryl methyl sites for hydroxylation is 1. The molecule has 0 saturated heterocycles. The zero-order chi connectivity index (χ0) is 11.0. The van der Waals surface area contributed by atoms with Crippen LogP contribution in [-0.2, 0) is 13.6 Å². The second kappa shape index (κ2) is 3.68. The van der Waals surface area contributed by atoms with Crippen molar-refractivity contribution in [2.45, 2.75) is 6.54 Å². The van der Waals surface area contributed by atoms with Gasteiger partial charge in [0.1, 0.15) is 0 Å². The Kier molecular flexibility index (Phi) is 2.50. The first kappa shape index (κ1) is 10.2. The van der Waals surface area contributed by atoms with Crippen molar-refractivity contribution in [1.29, 1.82) is 0 Å². The topological polar surface area (TPSA) is 48.0 Å². The molecule has 15 heavy (non-hydrogen) atoms. The number of nitrogens with two attached hydrogens (primary N) is 1. The fourth-order valence-corrected chi connectivity index (χ4v) is 1.85. The fourth-order valence-electron chi connectivity index (χ4n) is 1.67. The van der Waals surface area contributed by atoms with Gasteiger partial charge < -0.3 is 10.3 Å². The molecule has 2 aromatic rings. The Bertz CT molecular complexity index is 575. The molecular formula is C11H11ClN2O. The summed E-state index contributed by atoms with van der Waals surface area (Å²) in [7, 11) is 1.73. The number of halogens is 1. The third kappa shape index (κ3) is 1.64. The minimum absolute atomic E-state index is 0.0488. The number of aromatic nitrogens is 1. The first-order valence-corrected chi connectivity index (χ1v) is 4.99. The highest BCUT2D eigenvalue weighted by Gasteiger charge is 2.05. The van der Waals surface area contributed by atoms with Gasteiger partial charge in [-0.25, -0.2) is 0 Å². The molecule has 0 saturated carbocycles. The molecule has 0 spiro atoms. The summed E-state index contributed by atoms with van der Waals surface area (Å²) in [5.41, 5.74) is 6.92. The zero-order valence-electron chi connectivity index (χ0n) is 8.33. The molecule has 0 aliphatic rings. The average Bonchev–Trinajstić information content (AvgIpc) is 2.23. The van der Waals surface area contributed by atoms with E-state index in [0.29, 0.717) is 10.6 Å². The van der Waals surface area contributed by atoms with E-state index in [4.69, 9.17) is 17.3 Å². The van der Waals surface area contributed by atoms with Crippen LogP contribution in [0.5, 0.6) is 0 Å². The molecule has 2 rings (SSSR count). The first-order chi connectivity index (χ1) is 7.13. The SMILES string of the molecule is Cn1c(=O)c(CN)cc2cc(Cl)ccc21. The van der Waals surface area contributed by atoms with Crippen LogP contribution in [0.2, 0.25) is 5.02 Å². The molecule has 0 aliphatic carbocycles. The first-order valence-electron chi connectivity index (χ1n) is 4.61. The molecular weight excluding hydrogens is 212 g/mol. The highest BCUT2D eigenvalue weighted by Crippen LogP contribution is 2.18. The summed E-state index contributed by atoms with van der Waals surface area (Å²) in [6.07, 6.45) is 0. The molecule has 0 aliphatic heterocycles. The van der Waals surface area contributed by atoms with Crippen molar-refractivity contribution >= 4 is 22.5 Å². The predicted octanol–water partition coefficient (Wildman–Crippen LogP) is 1.65. The number of hydrogen-bond donors (Lipinski definition) is 1. The van der Waals surface area contributed by atoms with Crippen LogP contribution in [-0.4, -0.2) is 4.57 Å². The minimum atomic E-state index is -0.0488. The van der Waals surface area contributed by atoms with E-state index in [1.807, 2.05) is 12.1 Å². The second-order valence-electron chi connectivity index (χ2n) is 3.44. The van der Waals surface area contributed by atoms with Crippen LogP contribution in [0.3, 0.4) is 0 Å². The van der Waals surface area contributed by atoms with Gasteiger partial charge in [0.25, 0.3) is 5.56 Å². The van der Waals surface area contributed by atoms with E-state index in [1.165, 1.54) is 0 Å². The van der Waals surface area contributed by atoms with Gasteiger partial charge in [0, 0.05) is 29.6 Å². The van der Waals surface area contributed by atoms with Crippen LogP contribution in [0.4, 0.5) is 0 Å². The third-order valence-electron chi connectivity index (χ3n) is 2.48. The summed E-state index contributed by atoms with van der Waals surface area (Å²) in [5.74, 6) is 0. The average molecular weight is 223 g/mol. The van der Waals surface area contributed by atoms with Crippen molar-refractivity contribution in [3.63, 3.8) is 0 Å².